The van der Waals surface area contributed by atoms with Crippen LogP contribution in [0, 0.1) is 10.1 Å². The standard InChI is InChI=1S/C12H11N3O4/c1-14-11(5-6-13-14)9-4-3-8(15(17)18)7-10(9)12(16)19-2/h3-7H,1-2H3. The van der Waals surface area contributed by atoms with Crippen LogP contribution in [0.2, 0.25) is 0 Å². The van der Waals surface area contributed by atoms with Gasteiger partial charge >= 0.3 is 5.97 Å². The van der Waals surface area contributed by atoms with Gasteiger partial charge in [-0.2, -0.15) is 5.10 Å². The minimum absolute atomic E-state index is 0.139. The molecule has 0 aliphatic rings. The second-order valence-electron chi connectivity index (χ2n) is 3.82. The number of non-ortho nitro benzene ring substituents is 1. The summed E-state index contributed by atoms with van der Waals surface area (Å²) in [6.07, 6.45) is 1.58. The third-order valence-electron chi connectivity index (χ3n) is 2.72. The Morgan fingerprint density at radius 1 is 1.42 bits per heavy atom. The fourth-order valence-electron chi connectivity index (χ4n) is 1.79. The molecule has 1 aromatic carbocycles. The molecule has 2 rings (SSSR count). The van der Waals surface area contributed by atoms with Gasteiger partial charge in [-0.3, -0.25) is 14.8 Å². The molecule has 0 bridgehead atoms. The van der Waals surface area contributed by atoms with Crippen LogP contribution in [-0.4, -0.2) is 27.8 Å². The third-order valence-corrected chi connectivity index (χ3v) is 2.72. The average Bonchev–Trinajstić information content (AvgIpc) is 2.83. The predicted molar refractivity (Wildman–Crippen MR) is 66.6 cm³/mol. The maximum absolute atomic E-state index is 11.7. The van der Waals surface area contributed by atoms with Gasteiger partial charge < -0.3 is 4.74 Å². The largest absolute Gasteiger partial charge is 0.465 e. The number of nitro groups is 1. The van der Waals surface area contributed by atoms with Crippen molar-refractivity contribution in [2.24, 2.45) is 7.05 Å². The molecule has 19 heavy (non-hydrogen) atoms. The molecule has 0 aliphatic carbocycles. The summed E-state index contributed by atoms with van der Waals surface area (Å²) in [6, 6.07) is 5.78. The number of hydrogen-bond acceptors (Lipinski definition) is 5. The summed E-state index contributed by atoms with van der Waals surface area (Å²) in [4.78, 5) is 21.9. The van der Waals surface area contributed by atoms with Gasteiger partial charge in [0.1, 0.15) is 0 Å². The topological polar surface area (TPSA) is 87.3 Å². The molecule has 0 saturated carbocycles. The minimum atomic E-state index is -0.625. The fourth-order valence-corrected chi connectivity index (χ4v) is 1.79. The van der Waals surface area contributed by atoms with Crippen molar-refractivity contribution in [3.8, 4) is 11.3 Å². The molecule has 2 aromatic rings. The number of nitro benzene ring substituents is 1. The number of aromatic nitrogens is 2. The second kappa shape index (κ2) is 4.89. The highest BCUT2D eigenvalue weighted by atomic mass is 16.6. The van der Waals surface area contributed by atoms with Crippen molar-refractivity contribution in [1.29, 1.82) is 0 Å². The van der Waals surface area contributed by atoms with Crippen molar-refractivity contribution in [3.63, 3.8) is 0 Å². The number of ether oxygens (including phenoxy) is 1. The Morgan fingerprint density at radius 2 is 2.16 bits per heavy atom. The highest BCUT2D eigenvalue weighted by Gasteiger charge is 2.19. The molecule has 0 N–H and O–H groups in total. The van der Waals surface area contributed by atoms with Crippen LogP contribution < -0.4 is 0 Å². The Labute approximate surface area is 108 Å². The Morgan fingerprint density at radius 3 is 2.68 bits per heavy atom. The first-order valence-corrected chi connectivity index (χ1v) is 5.39. The molecule has 0 atom stereocenters. The van der Waals surface area contributed by atoms with E-state index < -0.39 is 10.9 Å². The van der Waals surface area contributed by atoms with Crippen molar-refractivity contribution >= 4 is 11.7 Å². The van der Waals surface area contributed by atoms with Gasteiger partial charge in [0, 0.05) is 30.9 Å². The van der Waals surface area contributed by atoms with Gasteiger partial charge in [0.25, 0.3) is 5.69 Å². The van der Waals surface area contributed by atoms with Crippen molar-refractivity contribution in [1.82, 2.24) is 9.78 Å². The van der Waals surface area contributed by atoms with Crippen LogP contribution in [0.1, 0.15) is 10.4 Å². The number of rotatable bonds is 3. The number of carbonyl (C=O) groups excluding carboxylic acids is 1. The van der Waals surface area contributed by atoms with E-state index in [4.69, 9.17) is 0 Å². The van der Waals surface area contributed by atoms with E-state index in [2.05, 4.69) is 9.84 Å². The molecular weight excluding hydrogens is 250 g/mol. The first kappa shape index (κ1) is 12.7. The number of methoxy groups -OCH3 is 1. The van der Waals surface area contributed by atoms with Gasteiger partial charge in [-0.15, -0.1) is 0 Å². The first-order valence-electron chi connectivity index (χ1n) is 5.39. The maximum Gasteiger partial charge on any atom is 0.338 e. The third kappa shape index (κ3) is 2.30. The Bertz CT molecular complexity index is 648. The molecule has 98 valence electrons. The smallest absolute Gasteiger partial charge is 0.338 e. The fraction of sp³-hybridized carbons (Fsp3) is 0.167. The highest BCUT2D eigenvalue weighted by Crippen LogP contribution is 2.27. The van der Waals surface area contributed by atoms with Gasteiger partial charge in [-0.25, -0.2) is 4.79 Å². The summed E-state index contributed by atoms with van der Waals surface area (Å²) >= 11 is 0. The van der Waals surface area contributed by atoms with E-state index in [1.54, 1.807) is 24.0 Å². The maximum atomic E-state index is 11.7. The molecule has 0 spiro atoms. The molecule has 0 saturated heterocycles. The van der Waals surface area contributed by atoms with Crippen LogP contribution in [-0.2, 0) is 11.8 Å². The van der Waals surface area contributed by atoms with Gasteiger partial charge in [0.15, 0.2) is 0 Å². The molecule has 1 aromatic heterocycles. The second-order valence-corrected chi connectivity index (χ2v) is 3.82. The Kier molecular flexibility index (Phi) is 3.28. The van der Waals surface area contributed by atoms with Crippen LogP contribution in [0.25, 0.3) is 11.3 Å². The Balaban J connectivity index is 2.64. The van der Waals surface area contributed by atoms with Gasteiger partial charge in [0.2, 0.25) is 0 Å². The van der Waals surface area contributed by atoms with E-state index in [9.17, 15) is 14.9 Å². The molecule has 0 unspecified atom stereocenters. The van der Waals surface area contributed by atoms with E-state index in [0.29, 0.717) is 11.3 Å². The molecule has 1 heterocycles. The molecule has 7 heteroatoms. The van der Waals surface area contributed by atoms with Crippen LogP contribution in [0.3, 0.4) is 0 Å². The van der Waals surface area contributed by atoms with E-state index in [-0.39, 0.29) is 11.3 Å². The first-order chi connectivity index (χ1) is 9.04. The quantitative estimate of drug-likeness (QED) is 0.477. The molecule has 0 fully saturated rings. The van der Waals surface area contributed by atoms with Crippen molar-refractivity contribution < 1.29 is 14.5 Å². The highest BCUT2D eigenvalue weighted by molar-refractivity contribution is 5.97. The van der Waals surface area contributed by atoms with Gasteiger partial charge in [0.05, 0.1) is 23.3 Å². The number of hydrogen-bond donors (Lipinski definition) is 0. The molecule has 0 amide bonds. The van der Waals surface area contributed by atoms with Crippen LogP contribution in [0.4, 0.5) is 5.69 Å². The lowest BCUT2D eigenvalue weighted by Gasteiger charge is -2.08. The average molecular weight is 261 g/mol. The van der Waals surface area contributed by atoms with Crippen molar-refractivity contribution in [2.45, 2.75) is 0 Å². The zero-order chi connectivity index (χ0) is 14.0. The summed E-state index contributed by atoms with van der Waals surface area (Å²) < 4.78 is 6.24. The van der Waals surface area contributed by atoms with Gasteiger partial charge in [-0.05, 0) is 12.1 Å². The zero-order valence-electron chi connectivity index (χ0n) is 10.4. The van der Waals surface area contributed by atoms with Crippen LogP contribution >= 0.6 is 0 Å². The lowest BCUT2D eigenvalue weighted by Crippen LogP contribution is -2.06. The lowest BCUT2D eigenvalue weighted by molar-refractivity contribution is -0.384. The SMILES string of the molecule is COC(=O)c1cc([N+](=O)[O-])ccc1-c1ccnn1C. The van der Waals surface area contributed by atoms with Crippen LogP contribution in [0.5, 0.6) is 0 Å². The predicted octanol–water partition coefficient (Wildman–Crippen LogP) is 1.78. The lowest BCUT2D eigenvalue weighted by atomic mass is 10.0. The zero-order valence-corrected chi connectivity index (χ0v) is 10.4. The van der Waals surface area contributed by atoms with Crippen LogP contribution in [0.15, 0.2) is 30.5 Å². The van der Waals surface area contributed by atoms with E-state index in [1.807, 2.05) is 0 Å². The van der Waals surface area contributed by atoms with Crippen molar-refractivity contribution in [2.75, 3.05) is 7.11 Å². The summed E-state index contributed by atoms with van der Waals surface area (Å²) in [6.45, 7) is 0. The number of carbonyl (C=O) groups is 1. The molecule has 0 radical (unpaired) electrons. The summed E-state index contributed by atoms with van der Waals surface area (Å²) in [5.74, 6) is -0.625. The normalized spacial score (nSPS) is 10.2. The number of esters is 1. The number of benzene rings is 1. The monoisotopic (exact) mass is 261 g/mol. The minimum Gasteiger partial charge on any atom is -0.465 e. The van der Waals surface area contributed by atoms with E-state index in [0.717, 1.165) is 0 Å². The number of aryl methyl sites for hydroxylation is 1. The number of nitrogens with zero attached hydrogens (tertiary/aromatic N) is 3. The summed E-state index contributed by atoms with van der Waals surface area (Å²) in [5.41, 5.74) is 1.19. The molecular formula is C12H11N3O4. The summed E-state index contributed by atoms with van der Waals surface area (Å²) in [7, 11) is 2.95. The summed E-state index contributed by atoms with van der Waals surface area (Å²) in [5, 5.41) is 14.8. The Hall–Kier alpha value is -2.70. The molecule has 7 nitrogen and oxygen atoms in total. The van der Waals surface area contributed by atoms with Gasteiger partial charge in [-0.1, -0.05) is 0 Å². The molecule has 0 aliphatic heterocycles. The van der Waals surface area contributed by atoms with E-state index >= 15 is 0 Å². The van der Waals surface area contributed by atoms with Crippen molar-refractivity contribution in [3.05, 3.63) is 46.1 Å². The van der Waals surface area contributed by atoms with E-state index in [1.165, 1.54) is 25.3 Å².